The molecule has 1 aliphatic heterocycles. The predicted molar refractivity (Wildman–Crippen MR) is 70.9 cm³/mol. The molecule has 106 valence electrons. The van der Waals surface area contributed by atoms with Crippen molar-refractivity contribution in [1.29, 1.82) is 0 Å². The van der Waals surface area contributed by atoms with E-state index in [0.717, 1.165) is 5.56 Å². The van der Waals surface area contributed by atoms with Crippen molar-refractivity contribution < 1.29 is 19.4 Å². The van der Waals surface area contributed by atoms with Crippen LogP contribution in [0.2, 0.25) is 0 Å². The maximum absolute atomic E-state index is 12.0. The number of hydrogen-bond donors (Lipinski definition) is 1. The van der Waals surface area contributed by atoms with Crippen LogP contribution in [0.25, 0.3) is 0 Å². The van der Waals surface area contributed by atoms with Crippen LogP contribution in [0.1, 0.15) is 12.5 Å². The van der Waals surface area contributed by atoms with E-state index in [1.54, 1.807) is 4.90 Å². The number of carbonyl (C=O) groups is 2. The number of aliphatic carboxylic acids is 1. The lowest BCUT2D eigenvalue weighted by Crippen LogP contribution is -2.38. The summed E-state index contributed by atoms with van der Waals surface area (Å²) in [6.07, 6.45) is -0.349. The molecule has 3 rings (SSSR count). The highest BCUT2D eigenvalue weighted by Crippen LogP contribution is 2.55. The molecule has 2 aliphatic rings. The van der Waals surface area contributed by atoms with Gasteiger partial charge in [0.15, 0.2) is 0 Å². The quantitative estimate of drug-likeness (QED) is 0.916. The Morgan fingerprint density at radius 1 is 1.35 bits per heavy atom. The number of amides is 1. The second-order valence-corrected chi connectivity index (χ2v) is 5.54. The summed E-state index contributed by atoms with van der Waals surface area (Å²) in [5.74, 6) is -0.823. The molecule has 1 saturated carbocycles. The zero-order valence-corrected chi connectivity index (χ0v) is 11.2. The molecule has 0 unspecified atom stereocenters. The standard InChI is InChI=1S/C15H17NO4/c1-9-12-11(13(12)14(17)18)7-16(9)15(19)20-8-10-5-3-2-4-6-10/h2-6,9,11-13H,7-8H2,1H3,(H,17,18)/t9-,11-,12+,13+/m1/s1. The van der Waals surface area contributed by atoms with Crippen LogP contribution in [0.4, 0.5) is 4.79 Å². The molecule has 1 amide bonds. The van der Waals surface area contributed by atoms with Crippen LogP contribution in [0, 0.1) is 17.8 Å². The van der Waals surface area contributed by atoms with Gasteiger partial charge in [0.2, 0.25) is 0 Å². The summed E-state index contributed by atoms with van der Waals surface area (Å²) >= 11 is 0. The molecule has 0 bridgehead atoms. The fraction of sp³-hybridized carbons (Fsp3) is 0.467. The minimum absolute atomic E-state index is 0.0515. The molecule has 1 aromatic carbocycles. The molecule has 0 aromatic heterocycles. The van der Waals surface area contributed by atoms with Gasteiger partial charge in [0.25, 0.3) is 0 Å². The Bertz CT molecular complexity index is 530. The maximum Gasteiger partial charge on any atom is 0.410 e. The summed E-state index contributed by atoms with van der Waals surface area (Å²) in [4.78, 5) is 24.7. The number of likely N-dealkylation sites (tertiary alicyclic amines) is 1. The number of carbonyl (C=O) groups excluding carboxylic acids is 1. The third-order valence-corrected chi connectivity index (χ3v) is 4.41. The van der Waals surface area contributed by atoms with Crippen LogP contribution in [-0.2, 0) is 16.1 Å². The molecule has 0 spiro atoms. The minimum atomic E-state index is -0.746. The molecule has 0 radical (unpaired) electrons. The normalized spacial score (nSPS) is 30.8. The smallest absolute Gasteiger partial charge is 0.410 e. The molecule has 20 heavy (non-hydrogen) atoms. The number of rotatable bonds is 3. The number of piperidine rings is 1. The van der Waals surface area contributed by atoms with Gasteiger partial charge in [-0.15, -0.1) is 0 Å². The Labute approximate surface area is 117 Å². The van der Waals surface area contributed by atoms with Crippen LogP contribution in [0.5, 0.6) is 0 Å². The molecule has 1 saturated heterocycles. The molecule has 4 atom stereocenters. The van der Waals surface area contributed by atoms with E-state index in [9.17, 15) is 9.59 Å². The number of ether oxygens (including phenoxy) is 1. The first kappa shape index (κ1) is 13.0. The number of carboxylic acid groups (broad SMARTS) is 1. The van der Waals surface area contributed by atoms with E-state index in [1.807, 2.05) is 37.3 Å². The van der Waals surface area contributed by atoms with Gasteiger partial charge in [-0.25, -0.2) is 4.79 Å². The van der Waals surface area contributed by atoms with Crippen LogP contribution >= 0.6 is 0 Å². The summed E-state index contributed by atoms with van der Waals surface area (Å²) in [6, 6.07) is 9.46. The molecular weight excluding hydrogens is 258 g/mol. The van der Waals surface area contributed by atoms with Crippen molar-refractivity contribution in [2.75, 3.05) is 6.54 Å². The lowest BCUT2D eigenvalue weighted by atomic mass is 10.2. The third kappa shape index (κ3) is 2.13. The number of hydrogen-bond acceptors (Lipinski definition) is 3. The molecule has 1 N–H and O–H groups in total. The summed E-state index contributed by atoms with van der Waals surface area (Å²) in [6.45, 7) is 2.65. The summed E-state index contributed by atoms with van der Waals surface area (Å²) < 4.78 is 5.29. The first-order valence-electron chi connectivity index (χ1n) is 6.79. The average molecular weight is 275 g/mol. The van der Waals surface area contributed by atoms with E-state index in [0.29, 0.717) is 6.54 Å². The minimum Gasteiger partial charge on any atom is -0.481 e. The summed E-state index contributed by atoms with van der Waals surface area (Å²) in [5.41, 5.74) is 0.946. The monoisotopic (exact) mass is 275 g/mol. The Morgan fingerprint density at radius 2 is 2.05 bits per heavy atom. The van der Waals surface area contributed by atoms with E-state index in [1.165, 1.54) is 0 Å². The number of nitrogens with zero attached hydrogens (tertiary/aromatic N) is 1. The van der Waals surface area contributed by atoms with Gasteiger partial charge in [-0.05, 0) is 24.3 Å². The second-order valence-electron chi connectivity index (χ2n) is 5.54. The van der Waals surface area contributed by atoms with Crippen LogP contribution in [-0.4, -0.2) is 34.7 Å². The van der Waals surface area contributed by atoms with E-state index in [4.69, 9.17) is 9.84 Å². The summed E-state index contributed by atoms with van der Waals surface area (Å²) in [5, 5.41) is 9.02. The molecule has 5 heteroatoms. The van der Waals surface area contributed by atoms with E-state index in [2.05, 4.69) is 0 Å². The first-order chi connectivity index (χ1) is 9.59. The van der Waals surface area contributed by atoms with Gasteiger partial charge in [-0.2, -0.15) is 0 Å². The van der Waals surface area contributed by atoms with Gasteiger partial charge in [0.05, 0.1) is 5.92 Å². The predicted octanol–water partition coefficient (Wildman–Crippen LogP) is 1.97. The van der Waals surface area contributed by atoms with Crippen LogP contribution < -0.4 is 0 Å². The molecule has 1 heterocycles. The van der Waals surface area contributed by atoms with Gasteiger partial charge >= 0.3 is 12.1 Å². The highest BCUT2D eigenvalue weighted by Gasteiger charge is 2.64. The van der Waals surface area contributed by atoms with Crippen molar-refractivity contribution in [2.24, 2.45) is 17.8 Å². The zero-order chi connectivity index (χ0) is 14.3. The number of fused-ring (bicyclic) bond motifs is 1. The Kier molecular flexibility index (Phi) is 3.12. The lowest BCUT2D eigenvalue weighted by Gasteiger charge is -2.24. The largest absolute Gasteiger partial charge is 0.481 e. The first-order valence-corrected chi connectivity index (χ1v) is 6.79. The van der Waals surface area contributed by atoms with E-state index >= 15 is 0 Å². The molecule has 2 fully saturated rings. The Hall–Kier alpha value is -2.04. The Morgan fingerprint density at radius 3 is 2.60 bits per heavy atom. The molecule has 5 nitrogen and oxygen atoms in total. The third-order valence-electron chi connectivity index (χ3n) is 4.41. The topological polar surface area (TPSA) is 66.8 Å². The maximum atomic E-state index is 12.0. The van der Waals surface area contributed by atoms with Crippen molar-refractivity contribution in [1.82, 2.24) is 4.90 Å². The fourth-order valence-electron chi connectivity index (χ4n) is 3.29. The van der Waals surface area contributed by atoms with Crippen molar-refractivity contribution >= 4 is 12.1 Å². The van der Waals surface area contributed by atoms with Gasteiger partial charge in [-0.3, -0.25) is 4.79 Å². The van der Waals surface area contributed by atoms with E-state index in [-0.39, 0.29) is 36.5 Å². The van der Waals surface area contributed by atoms with Gasteiger partial charge in [0.1, 0.15) is 6.61 Å². The average Bonchev–Trinajstić information content (AvgIpc) is 3.08. The summed E-state index contributed by atoms with van der Waals surface area (Å²) in [7, 11) is 0. The number of benzene rings is 1. The molecule has 1 aromatic rings. The van der Waals surface area contributed by atoms with Crippen molar-refractivity contribution in [3.63, 3.8) is 0 Å². The van der Waals surface area contributed by atoms with Crippen molar-refractivity contribution in [3.05, 3.63) is 35.9 Å². The van der Waals surface area contributed by atoms with Crippen LogP contribution in [0.15, 0.2) is 30.3 Å². The Balaban J connectivity index is 1.54. The second kappa shape index (κ2) is 4.81. The SMILES string of the molecule is C[C@@H]1[C@H]2[C@@H](CN1C(=O)OCc1ccccc1)[C@@H]2C(=O)O. The van der Waals surface area contributed by atoms with Gasteiger partial charge in [0, 0.05) is 12.6 Å². The van der Waals surface area contributed by atoms with Crippen molar-refractivity contribution in [2.45, 2.75) is 19.6 Å². The number of carboxylic acids is 1. The molecule has 1 aliphatic carbocycles. The highest BCUT2D eigenvalue weighted by atomic mass is 16.6. The fourth-order valence-corrected chi connectivity index (χ4v) is 3.29. The molecular formula is C15H17NO4. The van der Waals surface area contributed by atoms with E-state index < -0.39 is 5.97 Å². The van der Waals surface area contributed by atoms with Crippen LogP contribution in [0.3, 0.4) is 0 Å². The highest BCUT2D eigenvalue weighted by molar-refractivity contribution is 5.77. The van der Waals surface area contributed by atoms with Crippen molar-refractivity contribution in [3.8, 4) is 0 Å². The lowest BCUT2D eigenvalue weighted by molar-refractivity contribution is -0.139. The zero-order valence-electron chi connectivity index (χ0n) is 11.2. The van der Waals surface area contributed by atoms with Gasteiger partial charge < -0.3 is 14.7 Å². The van der Waals surface area contributed by atoms with Gasteiger partial charge in [-0.1, -0.05) is 30.3 Å².